The average molecular weight is 370 g/mol. The molecule has 0 radical (unpaired) electrons. The summed E-state index contributed by atoms with van der Waals surface area (Å²) >= 11 is 0. The first-order chi connectivity index (χ1) is 13.0. The molecule has 9 heteroatoms. The highest BCUT2D eigenvalue weighted by molar-refractivity contribution is 5.87. The molecule has 0 saturated heterocycles. The molecule has 2 amide bonds. The Bertz CT molecular complexity index is 821. The van der Waals surface area contributed by atoms with Crippen LogP contribution < -0.4 is 10.7 Å². The zero-order valence-electron chi connectivity index (χ0n) is 14.5. The number of benzene rings is 2. The Morgan fingerprint density at radius 1 is 1.19 bits per heavy atom. The van der Waals surface area contributed by atoms with Crippen LogP contribution in [0, 0.1) is 10.1 Å². The third-order valence-corrected chi connectivity index (χ3v) is 3.43. The molecule has 1 atom stereocenters. The van der Waals surface area contributed by atoms with E-state index in [4.69, 9.17) is 4.74 Å². The van der Waals surface area contributed by atoms with Gasteiger partial charge in [0.1, 0.15) is 12.6 Å². The molecule has 1 unspecified atom stereocenters. The quantitative estimate of drug-likeness (QED) is 0.440. The summed E-state index contributed by atoms with van der Waals surface area (Å²) < 4.78 is 5.03. The number of ether oxygens (including phenoxy) is 1. The van der Waals surface area contributed by atoms with Crippen molar-refractivity contribution in [3.8, 4) is 0 Å². The van der Waals surface area contributed by atoms with Gasteiger partial charge in [0.2, 0.25) is 0 Å². The van der Waals surface area contributed by atoms with Crippen LogP contribution in [0.25, 0.3) is 0 Å². The number of alkyl carbamates (subject to hydrolysis) is 1. The molecule has 0 aromatic heterocycles. The van der Waals surface area contributed by atoms with Gasteiger partial charge < -0.3 is 10.1 Å². The highest BCUT2D eigenvalue weighted by atomic mass is 16.6. The topological polar surface area (TPSA) is 123 Å². The lowest BCUT2D eigenvalue weighted by molar-refractivity contribution is -0.384. The van der Waals surface area contributed by atoms with E-state index >= 15 is 0 Å². The Labute approximate surface area is 155 Å². The monoisotopic (exact) mass is 370 g/mol. The molecule has 0 aliphatic carbocycles. The van der Waals surface area contributed by atoms with Crippen LogP contribution in [0.5, 0.6) is 0 Å². The van der Waals surface area contributed by atoms with Crippen molar-refractivity contribution in [2.24, 2.45) is 5.10 Å². The van der Waals surface area contributed by atoms with Crippen LogP contribution in [0.4, 0.5) is 10.5 Å². The fourth-order valence-corrected chi connectivity index (χ4v) is 1.96. The third kappa shape index (κ3) is 6.58. The van der Waals surface area contributed by atoms with Crippen LogP contribution in [0.2, 0.25) is 0 Å². The van der Waals surface area contributed by atoms with Crippen LogP contribution in [-0.4, -0.2) is 29.2 Å². The molecule has 140 valence electrons. The first-order valence-corrected chi connectivity index (χ1v) is 8.00. The maximum atomic E-state index is 11.9. The summed E-state index contributed by atoms with van der Waals surface area (Å²) in [6, 6.07) is 13.9. The number of carbonyl (C=O) groups excluding carboxylic acids is 2. The first-order valence-electron chi connectivity index (χ1n) is 8.00. The fourth-order valence-electron chi connectivity index (χ4n) is 1.96. The number of carbonyl (C=O) groups is 2. The highest BCUT2D eigenvalue weighted by Gasteiger charge is 2.15. The summed E-state index contributed by atoms with van der Waals surface area (Å²) in [7, 11) is 0. The Hall–Kier alpha value is -3.75. The van der Waals surface area contributed by atoms with Gasteiger partial charge in [0, 0.05) is 12.1 Å². The smallest absolute Gasteiger partial charge is 0.408 e. The second-order valence-corrected chi connectivity index (χ2v) is 5.51. The van der Waals surface area contributed by atoms with Crippen molar-refractivity contribution in [2.45, 2.75) is 19.6 Å². The molecule has 2 aromatic rings. The average Bonchev–Trinajstić information content (AvgIpc) is 2.67. The number of nitro benzene ring substituents is 1. The number of rotatable bonds is 7. The number of hydrogen-bond donors (Lipinski definition) is 2. The third-order valence-electron chi connectivity index (χ3n) is 3.43. The number of hydrogen-bond acceptors (Lipinski definition) is 6. The van der Waals surface area contributed by atoms with E-state index in [1.807, 2.05) is 30.3 Å². The van der Waals surface area contributed by atoms with Crippen molar-refractivity contribution >= 4 is 23.9 Å². The largest absolute Gasteiger partial charge is 0.445 e. The number of amides is 2. The minimum Gasteiger partial charge on any atom is -0.445 e. The van der Waals surface area contributed by atoms with Crippen LogP contribution >= 0.6 is 0 Å². The van der Waals surface area contributed by atoms with Crippen molar-refractivity contribution in [1.82, 2.24) is 10.7 Å². The van der Waals surface area contributed by atoms with E-state index in [0.29, 0.717) is 5.56 Å². The molecular weight excluding hydrogens is 352 g/mol. The predicted octanol–water partition coefficient (Wildman–Crippen LogP) is 2.36. The minimum absolute atomic E-state index is 0.0389. The zero-order chi connectivity index (χ0) is 19.6. The number of nitrogens with one attached hydrogen (secondary N) is 2. The van der Waals surface area contributed by atoms with Gasteiger partial charge in [0.05, 0.1) is 11.1 Å². The maximum absolute atomic E-state index is 11.9. The maximum Gasteiger partial charge on any atom is 0.408 e. The highest BCUT2D eigenvalue weighted by Crippen LogP contribution is 2.10. The molecule has 2 rings (SSSR count). The van der Waals surface area contributed by atoms with Gasteiger partial charge in [-0.2, -0.15) is 5.10 Å². The summed E-state index contributed by atoms with van der Waals surface area (Å²) in [5.41, 5.74) is 3.64. The van der Waals surface area contributed by atoms with Crippen molar-refractivity contribution in [3.05, 3.63) is 75.8 Å². The Morgan fingerprint density at radius 2 is 1.85 bits per heavy atom. The Balaban J connectivity index is 1.75. The van der Waals surface area contributed by atoms with Crippen molar-refractivity contribution in [1.29, 1.82) is 0 Å². The Morgan fingerprint density at radius 3 is 2.48 bits per heavy atom. The molecule has 0 spiro atoms. The number of nitrogens with zero attached hydrogens (tertiary/aromatic N) is 2. The van der Waals surface area contributed by atoms with Gasteiger partial charge in [-0.15, -0.1) is 0 Å². The van der Waals surface area contributed by atoms with Crippen molar-refractivity contribution in [2.75, 3.05) is 0 Å². The van der Waals surface area contributed by atoms with Crippen LogP contribution in [0.3, 0.4) is 0 Å². The van der Waals surface area contributed by atoms with Gasteiger partial charge in [-0.3, -0.25) is 14.9 Å². The summed E-state index contributed by atoms with van der Waals surface area (Å²) in [4.78, 5) is 33.7. The van der Waals surface area contributed by atoms with E-state index in [2.05, 4.69) is 15.8 Å². The molecule has 2 N–H and O–H groups in total. The number of non-ortho nitro benzene ring substituents is 1. The molecule has 2 aromatic carbocycles. The molecule has 0 bridgehead atoms. The normalized spacial score (nSPS) is 11.6. The summed E-state index contributed by atoms with van der Waals surface area (Å²) in [6.45, 7) is 1.58. The number of nitro groups is 1. The van der Waals surface area contributed by atoms with Crippen LogP contribution in [-0.2, 0) is 16.1 Å². The zero-order valence-corrected chi connectivity index (χ0v) is 14.5. The van der Waals surface area contributed by atoms with E-state index in [9.17, 15) is 19.7 Å². The van der Waals surface area contributed by atoms with E-state index in [1.165, 1.54) is 37.4 Å². The summed E-state index contributed by atoms with van der Waals surface area (Å²) in [5.74, 6) is -0.537. The van der Waals surface area contributed by atoms with Gasteiger partial charge in [0.25, 0.3) is 11.6 Å². The van der Waals surface area contributed by atoms with E-state index < -0.39 is 23.0 Å². The van der Waals surface area contributed by atoms with Crippen molar-refractivity contribution < 1.29 is 19.2 Å². The molecule has 0 aliphatic rings. The van der Waals surface area contributed by atoms with E-state index in [0.717, 1.165) is 5.56 Å². The first kappa shape index (κ1) is 19.6. The second-order valence-electron chi connectivity index (χ2n) is 5.51. The molecule has 0 saturated carbocycles. The Kier molecular flexibility index (Phi) is 7.00. The molecule has 0 heterocycles. The van der Waals surface area contributed by atoms with E-state index in [-0.39, 0.29) is 12.3 Å². The lowest BCUT2D eigenvalue weighted by Crippen LogP contribution is -2.43. The number of hydrazone groups is 1. The van der Waals surface area contributed by atoms with E-state index in [1.54, 1.807) is 0 Å². The van der Waals surface area contributed by atoms with Crippen molar-refractivity contribution in [3.63, 3.8) is 0 Å². The fraction of sp³-hybridized carbons (Fsp3) is 0.167. The van der Waals surface area contributed by atoms with Gasteiger partial charge in [-0.1, -0.05) is 30.3 Å². The summed E-state index contributed by atoms with van der Waals surface area (Å²) in [6.07, 6.45) is 0.614. The van der Waals surface area contributed by atoms with Gasteiger partial charge in [-0.25, -0.2) is 10.2 Å². The molecule has 9 nitrogen and oxygen atoms in total. The minimum atomic E-state index is -0.859. The SMILES string of the molecule is CC(NC(=O)OCc1ccccc1)C(=O)NN=Cc1ccc([N+](=O)[O-])cc1. The molecule has 0 aliphatic heterocycles. The van der Waals surface area contributed by atoms with Gasteiger partial charge >= 0.3 is 6.09 Å². The van der Waals surface area contributed by atoms with Gasteiger partial charge in [-0.05, 0) is 30.2 Å². The summed E-state index contributed by atoms with van der Waals surface area (Å²) in [5, 5.41) is 16.7. The lowest BCUT2D eigenvalue weighted by atomic mass is 10.2. The second kappa shape index (κ2) is 9.66. The lowest BCUT2D eigenvalue weighted by Gasteiger charge is -2.12. The van der Waals surface area contributed by atoms with Gasteiger partial charge in [0.15, 0.2) is 0 Å². The predicted molar refractivity (Wildman–Crippen MR) is 98.1 cm³/mol. The molecule has 0 fully saturated rings. The molecular formula is C18H18N4O5. The molecule has 27 heavy (non-hydrogen) atoms. The van der Waals surface area contributed by atoms with Crippen LogP contribution in [0.1, 0.15) is 18.1 Å². The standard InChI is InChI=1S/C18H18N4O5/c1-13(20-18(24)27-12-15-5-3-2-4-6-15)17(23)21-19-11-14-7-9-16(10-8-14)22(25)26/h2-11,13H,12H2,1H3,(H,20,24)(H,21,23). The van der Waals surface area contributed by atoms with Crippen LogP contribution in [0.15, 0.2) is 59.7 Å².